The Bertz CT molecular complexity index is 888. The van der Waals surface area contributed by atoms with Crippen LogP contribution < -0.4 is 16.3 Å². The molecule has 150 valence electrons. The highest BCUT2D eigenvalue weighted by atomic mass is 35.5. The number of nitrogens with one attached hydrogen (secondary N) is 2. The lowest BCUT2D eigenvalue weighted by Gasteiger charge is -2.09. The standard InChI is InChI=1S/C19H24ClN5O3/c20-15-7-5-14(6-8-15)18(27)22-11-9-17(26)21-10-3-13-25-19(28)24-12-2-1-4-16(24)23-25/h5-8H,1-4,9-13H2,(H,21,26)(H,22,27). The van der Waals surface area contributed by atoms with Gasteiger partial charge in [0.1, 0.15) is 5.82 Å². The third-order valence-corrected chi connectivity index (χ3v) is 4.90. The fourth-order valence-electron chi connectivity index (χ4n) is 3.13. The number of halogens is 1. The van der Waals surface area contributed by atoms with Crippen molar-refractivity contribution in [2.45, 2.75) is 45.2 Å². The summed E-state index contributed by atoms with van der Waals surface area (Å²) >= 11 is 5.79. The SMILES string of the molecule is O=C(CCNC(=O)c1ccc(Cl)cc1)NCCCn1nc2n(c1=O)CCCC2. The molecule has 0 unspecified atom stereocenters. The van der Waals surface area contributed by atoms with E-state index in [4.69, 9.17) is 11.6 Å². The Labute approximate surface area is 167 Å². The van der Waals surface area contributed by atoms with Crippen molar-refractivity contribution >= 4 is 23.4 Å². The van der Waals surface area contributed by atoms with Crippen molar-refractivity contribution < 1.29 is 9.59 Å². The molecular weight excluding hydrogens is 382 g/mol. The first-order valence-electron chi connectivity index (χ1n) is 9.51. The lowest BCUT2D eigenvalue weighted by Crippen LogP contribution is -2.32. The molecule has 1 aliphatic rings. The van der Waals surface area contributed by atoms with E-state index in [1.54, 1.807) is 28.8 Å². The molecule has 0 bridgehead atoms. The maximum Gasteiger partial charge on any atom is 0.345 e. The van der Waals surface area contributed by atoms with Gasteiger partial charge in [0, 0.05) is 49.6 Å². The summed E-state index contributed by atoms with van der Waals surface area (Å²) in [5, 5.41) is 10.4. The molecule has 0 saturated heterocycles. The van der Waals surface area contributed by atoms with Crippen molar-refractivity contribution in [3.63, 3.8) is 0 Å². The number of carbonyl (C=O) groups excluding carboxylic acids is 2. The molecule has 9 heteroatoms. The van der Waals surface area contributed by atoms with E-state index in [-0.39, 0.29) is 30.5 Å². The predicted octanol–water partition coefficient (Wildman–Crippen LogP) is 1.36. The van der Waals surface area contributed by atoms with Gasteiger partial charge in [-0.15, -0.1) is 0 Å². The second-order valence-electron chi connectivity index (χ2n) is 6.75. The van der Waals surface area contributed by atoms with Crippen LogP contribution in [-0.2, 0) is 24.3 Å². The van der Waals surface area contributed by atoms with Gasteiger partial charge in [-0.2, -0.15) is 5.10 Å². The summed E-state index contributed by atoms with van der Waals surface area (Å²) in [6.07, 6.45) is 3.75. The minimum Gasteiger partial charge on any atom is -0.356 e. The lowest BCUT2D eigenvalue weighted by molar-refractivity contribution is -0.120. The molecule has 0 aliphatic carbocycles. The summed E-state index contributed by atoms with van der Waals surface area (Å²) < 4.78 is 3.23. The van der Waals surface area contributed by atoms with Crippen molar-refractivity contribution in [1.82, 2.24) is 25.0 Å². The smallest absolute Gasteiger partial charge is 0.345 e. The van der Waals surface area contributed by atoms with Gasteiger partial charge < -0.3 is 10.6 Å². The number of benzene rings is 1. The zero-order valence-electron chi connectivity index (χ0n) is 15.6. The number of hydrogen-bond acceptors (Lipinski definition) is 4. The number of nitrogens with zero attached hydrogens (tertiary/aromatic N) is 3. The van der Waals surface area contributed by atoms with E-state index in [1.165, 1.54) is 4.68 Å². The van der Waals surface area contributed by atoms with Gasteiger partial charge in [-0.1, -0.05) is 11.6 Å². The molecule has 28 heavy (non-hydrogen) atoms. The molecule has 3 rings (SSSR count). The molecular formula is C19H24ClN5O3. The highest BCUT2D eigenvalue weighted by Crippen LogP contribution is 2.10. The first-order valence-corrected chi connectivity index (χ1v) is 9.89. The van der Waals surface area contributed by atoms with Crippen molar-refractivity contribution in [1.29, 1.82) is 0 Å². The van der Waals surface area contributed by atoms with E-state index in [0.717, 1.165) is 31.6 Å². The molecule has 0 atom stereocenters. The monoisotopic (exact) mass is 405 g/mol. The van der Waals surface area contributed by atoms with Gasteiger partial charge in [-0.3, -0.25) is 14.2 Å². The van der Waals surface area contributed by atoms with E-state index in [1.807, 2.05) is 0 Å². The largest absolute Gasteiger partial charge is 0.356 e. The quantitative estimate of drug-likeness (QED) is 0.648. The number of carbonyl (C=O) groups is 2. The van der Waals surface area contributed by atoms with Gasteiger partial charge in [0.25, 0.3) is 5.91 Å². The molecule has 2 heterocycles. The molecule has 0 spiro atoms. The third kappa shape index (κ3) is 5.22. The molecule has 1 aliphatic heterocycles. The van der Waals surface area contributed by atoms with Crippen LogP contribution in [0.25, 0.3) is 0 Å². The zero-order chi connectivity index (χ0) is 19.9. The Morgan fingerprint density at radius 2 is 1.89 bits per heavy atom. The number of amides is 2. The van der Waals surface area contributed by atoms with E-state index < -0.39 is 0 Å². The number of aryl methyl sites for hydroxylation is 2. The van der Waals surface area contributed by atoms with Gasteiger partial charge in [-0.05, 0) is 43.5 Å². The van der Waals surface area contributed by atoms with Gasteiger partial charge in [-0.25, -0.2) is 9.48 Å². The minimum atomic E-state index is -0.243. The second kappa shape index (κ2) is 9.54. The summed E-state index contributed by atoms with van der Waals surface area (Å²) in [4.78, 5) is 36.0. The number of fused-ring (bicyclic) bond motifs is 1. The van der Waals surface area contributed by atoms with Crippen LogP contribution in [0, 0.1) is 0 Å². The first kappa shape index (κ1) is 20.1. The van der Waals surface area contributed by atoms with E-state index in [9.17, 15) is 14.4 Å². The van der Waals surface area contributed by atoms with E-state index >= 15 is 0 Å². The predicted molar refractivity (Wildman–Crippen MR) is 105 cm³/mol. The summed E-state index contributed by atoms with van der Waals surface area (Å²) in [6, 6.07) is 6.55. The van der Waals surface area contributed by atoms with Crippen molar-refractivity contribution in [3.8, 4) is 0 Å². The molecule has 2 N–H and O–H groups in total. The zero-order valence-corrected chi connectivity index (χ0v) is 16.4. The Balaban J connectivity index is 1.33. The van der Waals surface area contributed by atoms with Crippen LogP contribution in [-0.4, -0.2) is 39.3 Å². The normalized spacial score (nSPS) is 13.0. The molecule has 0 saturated carbocycles. The van der Waals surface area contributed by atoms with Crippen LogP contribution in [0.5, 0.6) is 0 Å². The second-order valence-corrected chi connectivity index (χ2v) is 7.18. The van der Waals surface area contributed by atoms with Crippen molar-refractivity contribution in [2.24, 2.45) is 0 Å². The summed E-state index contributed by atoms with van der Waals surface area (Å²) in [5.41, 5.74) is 0.434. The van der Waals surface area contributed by atoms with Crippen LogP contribution in [0.2, 0.25) is 5.02 Å². The summed E-state index contributed by atoms with van der Waals surface area (Å²) in [5.74, 6) is 0.470. The highest BCUT2D eigenvalue weighted by Gasteiger charge is 2.16. The average Bonchev–Trinajstić information content (AvgIpc) is 3.02. The maximum atomic E-state index is 12.2. The molecule has 2 amide bonds. The maximum absolute atomic E-state index is 12.2. The van der Waals surface area contributed by atoms with Crippen molar-refractivity contribution in [2.75, 3.05) is 13.1 Å². The summed E-state index contributed by atoms with van der Waals surface area (Å²) in [6.45, 7) is 1.93. The molecule has 0 fully saturated rings. The topological polar surface area (TPSA) is 98.0 Å². The van der Waals surface area contributed by atoms with Crippen molar-refractivity contribution in [3.05, 3.63) is 51.2 Å². The molecule has 1 aromatic heterocycles. The lowest BCUT2D eigenvalue weighted by atomic mass is 10.2. The minimum absolute atomic E-state index is 0.0639. The van der Waals surface area contributed by atoms with Crippen LogP contribution in [0.1, 0.15) is 41.9 Å². The summed E-state index contributed by atoms with van der Waals surface area (Å²) in [7, 11) is 0. The van der Waals surface area contributed by atoms with Crippen LogP contribution >= 0.6 is 11.6 Å². The van der Waals surface area contributed by atoms with Crippen LogP contribution in [0.3, 0.4) is 0 Å². The van der Waals surface area contributed by atoms with Crippen LogP contribution in [0.15, 0.2) is 29.1 Å². The Morgan fingerprint density at radius 3 is 2.64 bits per heavy atom. The number of hydrogen-bond donors (Lipinski definition) is 2. The fourth-order valence-corrected chi connectivity index (χ4v) is 3.26. The number of aromatic nitrogens is 3. The molecule has 2 aromatic rings. The highest BCUT2D eigenvalue weighted by molar-refractivity contribution is 6.30. The molecule has 8 nitrogen and oxygen atoms in total. The van der Waals surface area contributed by atoms with Gasteiger partial charge in [0.15, 0.2) is 0 Å². The molecule has 1 aromatic carbocycles. The Hall–Kier alpha value is -2.61. The Morgan fingerprint density at radius 1 is 1.11 bits per heavy atom. The first-order chi connectivity index (χ1) is 13.5. The van der Waals surface area contributed by atoms with Gasteiger partial charge in [0.05, 0.1) is 0 Å². The number of rotatable bonds is 8. The van der Waals surface area contributed by atoms with Gasteiger partial charge >= 0.3 is 5.69 Å². The van der Waals surface area contributed by atoms with E-state index in [0.29, 0.717) is 30.1 Å². The Kier molecular flexibility index (Phi) is 6.86. The average molecular weight is 406 g/mol. The third-order valence-electron chi connectivity index (χ3n) is 4.64. The van der Waals surface area contributed by atoms with Crippen LogP contribution in [0.4, 0.5) is 0 Å². The van der Waals surface area contributed by atoms with Gasteiger partial charge in [0.2, 0.25) is 5.91 Å². The molecule has 0 radical (unpaired) electrons. The fraction of sp³-hybridized carbons (Fsp3) is 0.474. The van der Waals surface area contributed by atoms with E-state index in [2.05, 4.69) is 15.7 Å².